The van der Waals surface area contributed by atoms with E-state index in [0.717, 1.165) is 39.4 Å². The molecule has 1 aliphatic rings. The number of morpholine rings is 1. The third kappa shape index (κ3) is 4.17. The Labute approximate surface area is 126 Å². The topological polar surface area (TPSA) is 37.4 Å². The summed E-state index contributed by atoms with van der Waals surface area (Å²) in [7, 11) is 0. The molecule has 1 saturated heterocycles. The smallest absolute Gasteiger partial charge is 0.185 e. The van der Waals surface area contributed by atoms with E-state index in [2.05, 4.69) is 37.9 Å². The van der Waals surface area contributed by atoms with Crippen LogP contribution in [0.5, 0.6) is 0 Å². The van der Waals surface area contributed by atoms with Crippen molar-refractivity contribution in [1.29, 1.82) is 0 Å². The Balaban J connectivity index is 2.06. The van der Waals surface area contributed by atoms with E-state index in [0.29, 0.717) is 11.8 Å². The summed E-state index contributed by atoms with van der Waals surface area (Å²) in [6, 6.07) is 0. The van der Waals surface area contributed by atoms with Crippen molar-refractivity contribution in [2.75, 3.05) is 37.7 Å². The maximum absolute atomic E-state index is 5.42. The Morgan fingerprint density at radius 3 is 2.55 bits per heavy atom. The van der Waals surface area contributed by atoms with Gasteiger partial charge in [-0.1, -0.05) is 27.7 Å². The van der Waals surface area contributed by atoms with Gasteiger partial charge in [0.15, 0.2) is 5.13 Å². The van der Waals surface area contributed by atoms with Crippen LogP contribution in [-0.4, -0.2) is 37.8 Å². The molecule has 2 heterocycles. The number of hydrogen-bond acceptors (Lipinski definition) is 5. The normalized spacial score (nSPS) is 16.4. The van der Waals surface area contributed by atoms with E-state index >= 15 is 0 Å². The van der Waals surface area contributed by atoms with Crippen molar-refractivity contribution < 1.29 is 4.74 Å². The Morgan fingerprint density at radius 1 is 1.25 bits per heavy atom. The molecule has 0 atom stereocenters. The van der Waals surface area contributed by atoms with Crippen molar-refractivity contribution in [3.05, 3.63) is 10.6 Å². The average molecular weight is 297 g/mol. The number of anilines is 1. The summed E-state index contributed by atoms with van der Waals surface area (Å²) >= 11 is 1.84. The molecule has 0 aliphatic carbocycles. The maximum Gasteiger partial charge on any atom is 0.185 e. The number of ether oxygens (including phenoxy) is 1. The third-order valence-electron chi connectivity index (χ3n) is 3.38. The average Bonchev–Trinajstić information content (AvgIpc) is 2.84. The van der Waals surface area contributed by atoms with Gasteiger partial charge in [-0.3, -0.25) is 0 Å². The molecule has 0 saturated carbocycles. The van der Waals surface area contributed by atoms with Gasteiger partial charge in [0.1, 0.15) is 0 Å². The van der Waals surface area contributed by atoms with Crippen LogP contribution in [0, 0.1) is 5.92 Å². The van der Waals surface area contributed by atoms with Crippen LogP contribution in [0.15, 0.2) is 0 Å². The minimum atomic E-state index is 0.483. The molecule has 0 bridgehead atoms. The minimum Gasteiger partial charge on any atom is -0.378 e. The second-order valence-electron chi connectivity index (χ2n) is 6.08. The second-order valence-corrected chi connectivity index (χ2v) is 7.15. The maximum atomic E-state index is 5.42. The summed E-state index contributed by atoms with van der Waals surface area (Å²) in [5, 5.41) is 4.70. The summed E-state index contributed by atoms with van der Waals surface area (Å²) < 4.78 is 5.42. The highest BCUT2D eigenvalue weighted by Gasteiger charge is 2.19. The van der Waals surface area contributed by atoms with Crippen LogP contribution in [0.1, 0.15) is 44.2 Å². The molecular weight excluding hydrogens is 270 g/mol. The standard InChI is InChI=1S/C15H27N3OS/c1-11(2)9-16-10-13-14(12(3)4)17-15(20-13)18-5-7-19-8-6-18/h11-12,16H,5-10H2,1-4H3. The second kappa shape index (κ2) is 7.38. The molecule has 4 nitrogen and oxygen atoms in total. The molecule has 114 valence electrons. The monoisotopic (exact) mass is 297 g/mol. The van der Waals surface area contributed by atoms with E-state index in [4.69, 9.17) is 9.72 Å². The quantitative estimate of drug-likeness (QED) is 0.876. The first-order chi connectivity index (χ1) is 9.58. The van der Waals surface area contributed by atoms with Gasteiger partial charge < -0.3 is 15.0 Å². The molecule has 0 spiro atoms. The highest BCUT2D eigenvalue weighted by atomic mass is 32.1. The molecule has 1 N–H and O–H groups in total. The number of hydrogen-bond donors (Lipinski definition) is 1. The molecule has 5 heteroatoms. The van der Waals surface area contributed by atoms with Crippen LogP contribution in [0.4, 0.5) is 5.13 Å². The Bertz CT molecular complexity index is 411. The number of nitrogens with one attached hydrogen (secondary N) is 1. The van der Waals surface area contributed by atoms with Crippen molar-refractivity contribution in [2.45, 2.75) is 40.2 Å². The van der Waals surface area contributed by atoms with Crippen LogP contribution in [0.3, 0.4) is 0 Å². The highest BCUT2D eigenvalue weighted by Crippen LogP contribution is 2.31. The van der Waals surface area contributed by atoms with E-state index < -0.39 is 0 Å². The molecule has 1 aromatic heterocycles. The van der Waals surface area contributed by atoms with E-state index in [9.17, 15) is 0 Å². The Hall–Kier alpha value is -0.650. The van der Waals surface area contributed by atoms with Crippen LogP contribution in [-0.2, 0) is 11.3 Å². The predicted octanol–water partition coefficient (Wildman–Crippen LogP) is 2.85. The third-order valence-corrected chi connectivity index (χ3v) is 4.51. The van der Waals surface area contributed by atoms with Gasteiger partial charge in [0.2, 0.25) is 0 Å². The summed E-state index contributed by atoms with van der Waals surface area (Å²) in [5.41, 5.74) is 1.26. The van der Waals surface area contributed by atoms with Gasteiger partial charge in [-0.15, -0.1) is 11.3 Å². The molecule has 20 heavy (non-hydrogen) atoms. The molecule has 0 aromatic carbocycles. The fourth-order valence-corrected chi connectivity index (χ4v) is 3.53. The van der Waals surface area contributed by atoms with Crippen molar-refractivity contribution >= 4 is 16.5 Å². The van der Waals surface area contributed by atoms with Gasteiger partial charge in [0.05, 0.1) is 18.9 Å². The summed E-state index contributed by atoms with van der Waals surface area (Å²) in [4.78, 5) is 8.62. The van der Waals surface area contributed by atoms with Crippen molar-refractivity contribution in [1.82, 2.24) is 10.3 Å². The van der Waals surface area contributed by atoms with Gasteiger partial charge in [-0.2, -0.15) is 0 Å². The Morgan fingerprint density at radius 2 is 1.95 bits per heavy atom. The SMILES string of the molecule is CC(C)CNCc1sc(N2CCOCC2)nc1C(C)C. The van der Waals surface area contributed by atoms with Crippen molar-refractivity contribution in [2.24, 2.45) is 5.92 Å². The zero-order valence-corrected chi connectivity index (χ0v) is 13.9. The van der Waals surface area contributed by atoms with Crippen LogP contribution in [0.25, 0.3) is 0 Å². The van der Waals surface area contributed by atoms with Crippen LogP contribution < -0.4 is 10.2 Å². The first-order valence-electron chi connectivity index (χ1n) is 7.61. The van der Waals surface area contributed by atoms with Gasteiger partial charge in [0, 0.05) is 24.5 Å². The molecule has 1 aliphatic heterocycles. The predicted molar refractivity (Wildman–Crippen MR) is 85.8 cm³/mol. The van der Waals surface area contributed by atoms with Gasteiger partial charge in [-0.05, 0) is 18.4 Å². The van der Waals surface area contributed by atoms with Crippen LogP contribution >= 0.6 is 11.3 Å². The zero-order valence-electron chi connectivity index (χ0n) is 13.1. The number of rotatable bonds is 6. The largest absolute Gasteiger partial charge is 0.378 e. The lowest BCUT2D eigenvalue weighted by Gasteiger charge is -2.26. The lowest BCUT2D eigenvalue weighted by molar-refractivity contribution is 0.122. The molecule has 1 fully saturated rings. The fourth-order valence-electron chi connectivity index (χ4n) is 2.29. The lowest BCUT2D eigenvalue weighted by Crippen LogP contribution is -2.36. The molecular formula is C15H27N3OS. The number of thiazole rings is 1. The summed E-state index contributed by atoms with van der Waals surface area (Å²) in [6.07, 6.45) is 0. The highest BCUT2D eigenvalue weighted by molar-refractivity contribution is 7.15. The Kier molecular flexibility index (Phi) is 5.81. The van der Waals surface area contributed by atoms with Gasteiger partial charge in [-0.25, -0.2) is 4.98 Å². The zero-order chi connectivity index (χ0) is 14.5. The van der Waals surface area contributed by atoms with E-state index in [1.54, 1.807) is 0 Å². The number of aromatic nitrogens is 1. The summed E-state index contributed by atoms with van der Waals surface area (Å²) in [6.45, 7) is 14.5. The van der Waals surface area contributed by atoms with Crippen LogP contribution in [0.2, 0.25) is 0 Å². The van der Waals surface area contributed by atoms with E-state index in [1.165, 1.54) is 15.7 Å². The minimum absolute atomic E-state index is 0.483. The first kappa shape index (κ1) is 15.7. The molecule has 0 radical (unpaired) electrons. The number of nitrogens with zero attached hydrogens (tertiary/aromatic N) is 2. The lowest BCUT2D eigenvalue weighted by atomic mass is 10.1. The molecule has 0 unspecified atom stereocenters. The van der Waals surface area contributed by atoms with E-state index in [1.807, 2.05) is 11.3 Å². The first-order valence-corrected chi connectivity index (χ1v) is 8.42. The molecule has 0 amide bonds. The van der Waals surface area contributed by atoms with Gasteiger partial charge in [0.25, 0.3) is 0 Å². The van der Waals surface area contributed by atoms with Crippen molar-refractivity contribution in [3.8, 4) is 0 Å². The molecule has 1 aromatic rings. The van der Waals surface area contributed by atoms with Crippen molar-refractivity contribution in [3.63, 3.8) is 0 Å². The summed E-state index contributed by atoms with van der Waals surface area (Å²) in [5.74, 6) is 1.17. The molecule has 2 rings (SSSR count). The van der Waals surface area contributed by atoms with E-state index in [-0.39, 0.29) is 0 Å². The fraction of sp³-hybridized carbons (Fsp3) is 0.800. The van der Waals surface area contributed by atoms with Gasteiger partial charge >= 0.3 is 0 Å².